The van der Waals surface area contributed by atoms with Gasteiger partial charge in [0.2, 0.25) is 17.4 Å². The number of nitrogens with zero attached hydrogens (tertiary/aromatic N) is 2. The molecule has 110 valence electrons. The van der Waals surface area contributed by atoms with Crippen LogP contribution < -0.4 is 9.30 Å². The maximum atomic E-state index is 12.0. The number of pyridine rings is 1. The number of aromatic nitrogens is 1. The zero-order chi connectivity index (χ0) is 14.5. The summed E-state index contributed by atoms with van der Waals surface area (Å²) in [6, 6.07) is 1.59. The molecule has 2 rings (SSSR count). The molecule has 1 aromatic heterocycles. The summed E-state index contributed by atoms with van der Waals surface area (Å²) >= 11 is 0. The van der Waals surface area contributed by atoms with Crippen LogP contribution in [-0.2, 0) is 11.8 Å². The van der Waals surface area contributed by atoms with Gasteiger partial charge in [-0.1, -0.05) is 0 Å². The Morgan fingerprint density at radius 2 is 2.10 bits per heavy atom. The Morgan fingerprint density at radius 1 is 1.40 bits per heavy atom. The molecular formula is C15H23N2O3+. The molecule has 5 nitrogen and oxygen atoms in total. The van der Waals surface area contributed by atoms with Gasteiger partial charge in [-0.2, -0.15) is 0 Å². The molecular weight excluding hydrogens is 256 g/mol. The third kappa shape index (κ3) is 3.40. The monoisotopic (exact) mass is 279 g/mol. The van der Waals surface area contributed by atoms with E-state index in [4.69, 9.17) is 4.74 Å². The Labute approximate surface area is 119 Å². The second kappa shape index (κ2) is 6.59. The van der Waals surface area contributed by atoms with Crippen LogP contribution in [0.2, 0.25) is 0 Å². The van der Waals surface area contributed by atoms with E-state index in [9.17, 15) is 9.90 Å². The quantitative estimate of drug-likeness (QED) is 0.845. The van der Waals surface area contributed by atoms with Crippen molar-refractivity contribution in [2.24, 2.45) is 7.05 Å². The number of hydrogen-bond donors (Lipinski definition) is 1. The van der Waals surface area contributed by atoms with E-state index < -0.39 is 0 Å². The van der Waals surface area contributed by atoms with Gasteiger partial charge in [0.05, 0.1) is 13.0 Å². The Balaban J connectivity index is 1.86. The molecule has 1 saturated heterocycles. The van der Waals surface area contributed by atoms with Crippen LogP contribution in [0.15, 0.2) is 12.3 Å². The molecule has 2 heterocycles. The molecule has 20 heavy (non-hydrogen) atoms. The van der Waals surface area contributed by atoms with Gasteiger partial charge < -0.3 is 14.7 Å². The molecule has 0 aliphatic carbocycles. The highest BCUT2D eigenvalue weighted by Gasteiger charge is 2.18. The summed E-state index contributed by atoms with van der Waals surface area (Å²) in [5.74, 6) is 0.717. The van der Waals surface area contributed by atoms with E-state index in [1.165, 1.54) is 6.42 Å². The summed E-state index contributed by atoms with van der Waals surface area (Å²) < 4.78 is 7.47. The fraction of sp³-hybridized carbons (Fsp3) is 0.600. The second-order valence-electron chi connectivity index (χ2n) is 5.27. The van der Waals surface area contributed by atoms with Gasteiger partial charge in [-0.3, -0.25) is 4.79 Å². The molecule has 0 spiro atoms. The molecule has 0 bridgehead atoms. The molecule has 0 unspecified atom stereocenters. The highest BCUT2D eigenvalue weighted by atomic mass is 16.5. The van der Waals surface area contributed by atoms with Crippen molar-refractivity contribution >= 4 is 5.91 Å². The number of piperidine rings is 1. The van der Waals surface area contributed by atoms with Crippen LogP contribution in [-0.4, -0.2) is 35.6 Å². The molecule has 0 aromatic carbocycles. The molecule has 1 aliphatic heterocycles. The van der Waals surface area contributed by atoms with Crippen molar-refractivity contribution in [1.82, 2.24) is 4.90 Å². The summed E-state index contributed by atoms with van der Waals surface area (Å²) in [6.07, 6.45) is 5.55. The van der Waals surface area contributed by atoms with Gasteiger partial charge in [0.15, 0.2) is 11.9 Å². The first kappa shape index (κ1) is 14.6. The Bertz CT molecular complexity index is 482. The van der Waals surface area contributed by atoms with Gasteiger partial charge in [0, 0.05) is 26.1 Å². The van der Waals surface area contributed by atoms with Crippen molar-refractivity contribution < 1.29 is 19.2 Å². The predicted molar refractivity (Wildman–Crippen MR) is 74.6 cm³/mol. The average Bonchev–Trinajstić information content (AvgIpc) is 2.47. The van der Waals surface area contributed by atoms with Gasteiger partial charge in [-0.25, -0.2) is 4.57 Å². The van der Waals surface area contributed by atoms with Gasteiger partial charge >= 0.3 is 0 Å². The van der Waals surface area contributed by atoms with Crippen molar-refractivity contribution in [2.45, 2.75) is 32.6 Å². The summed E-state index contributed by atoms with van der Waals surface area (Å²) in [5, 5.41) is 9.80. The van der Waals surface area contributed by atoms with E-state index in [1.807, 2.05) is 23.4 Å². The third-order valence-electron chi connectivity index (χ3n) is 3.82. The minimum absolute atomic E-state index is 0.117. The van der Waals surface area contributed by atoms with Crippen LogP contribution >= 0.6 is 0 Å². The van der Waals surface area contributed by atoms with Crippen molar-refractivity contribution in [3.8, 4) is 11.5 Å². The summed E-state index contributed by atoms with van der Waals surface area (Å²) in [6.45, 7) is 3.90. The van der Waals surface area contributed by atoms with Gasteiger partial charge in [0.25, 0.3) is 0 Å². The van der Waals surface area contributed by atoms with E-state index in [0.29, 0.717) is 18.8 Å². The standard InChI is InChI=1S/C15H22N2O3/c1-12-15(13(18)6-10-16(12)2)20-11-7-14(19)17-8-4-3-5-9-17/h6,10H,3-5,7-9,11H2,1-2H3/p+1. The number of carbonyl (C=O) groups is 1. The van der Waals surface area contributed by atoms with Crippen molar-refractivity contribution in [1.29, 1.82) is 0 Å². The maximum Gasteiger partial charge on any atom is 0.228 e. The van der Waals surface area contributed by atoms with Crippen LogP contribution in [0.5, 0.6) is 11.5 Å². The SMILES string of the molecule is Cc1c(OCCC(=O)N2CCCCC2)c(O)cc[n+]1C. The number of ether oxygens (including phenoxy) is 1. The van der Waals surface area contributed by atoms with Gasteiger partial charge in [-0.05, 0) is 19.3 Å². The average molecular weight is 279 g/mol. The molecule has 1 aromatic rings. The van der Waals surface area contributed by atoms with E-state index in [0.717, 1.165) is 31.6 Å². The minimum atomic E-state index is 0.117. The van der Waals surface area contributed by atoms with Crippen molar-refractivity contribution in [3.05, 3.63) is 18.0 Å². The minimum Gasteiger partial charge on any atom is -0.504 e. The van der Waals surface area contributed by atoms with Gasteiger partial charge in [0.1, 0.15) is 7.05 Å². The van der Waals surface area contributed by atoms with E-state index >= 15 is 0 Å². The molecule has 0 atom stereocenters. The molecule has 5 heteroatoms. The Morgan fingerprint density at radius 3 is 2.80 bits per heavy atom. The first-order valence-electron chi connectivity index (χ1n) is 7.18. The van der Waals surface area contributed by atoms with Crippen LogP contribution in [0.3, 0.4) is 0 Å². The fourth-order valence-corrected chi connectivity index (χ4v) is 2.44. The van der Waals surface area contributed by atoms with Crippen LogP contribution in [0.1, 0.15) is 31.4 Å². The van der Waals surface area contributed by atoms with Crippen LogP contribution in [0, 0.1) is 6.92 Å². The summed E-state index contributed by atoms with van der Waals surface area (Å²) in [7, 11) is 1.89. The second-order valence-corrected chi connectivity index (χ2v) is 5.27. The Hall–Kier alpha value is -1.78. The number of aryl methyl sites for hydroxylation is 1. The lowest BCUT2D eigenvalue weighted by Gasteiger charge is -2.26. The summed E-state index contributed by atoms with van der Waals surface area (Å²) in [5.41, 5.74) is 0.843. The number of likely N-dealkylation sites (tertiary alicyclic amines) is 1. The molecule has 1 amide bonds. The number of aromatic hydroxyl groups is 1. The van der Waals surface area contributed by atoms with Crippen LogP contribution in [0.25, 0.3) is 0 Å². The number of amides is 1. The predicted octanol–water partition coefficient (Wildman–Crippen LogP) is 1.31. The number of rotatable bonds is 4. The molecule has 1 aliphatic rings. The number of carbonyl (C=O) groups excluding carboxylic acids is 1. The highest BCUT2D eigenvalue weighted by Crippen LogP contribution is 2.26. The molecule has 0 saturated carbocycles. The Kier molecular flexibility index (Phi) is 4.82. The van der Waals surface area contributed by atoms with Gasteiger partial charge in [-0.15, -0.1) is 0 Å². The summed E-state index contributed by atoms with van der Waals surface area (Å²) in [4.78, 5) is 13.9. The first-order valence-corrected chi connectivity index (χ1v) is 7.18. The third-order valence-corrected chi connectivity index (χ3v) is 3.82. The zero-order valence-corrected chi connectivity index (χ0v) is 12.3. The van der Waals surface area contributed by atoms with E-state index in [1.54, 1.807) is 12.3 Å². The normalized spacial score (nSPS) is 15.2. The molecule has 1 N–H and O–H groups in total. The van der Waals surface area contributed by atoms with Crippen molar-refractivity contribution in [3.63, 3.8) is 0 Å². The first-order chi connectivity index (χ1) is 9.59. The lowest BCUT2D eigenvalue weighted by atomic mass is 10.1. The van der Waals surface area contributed by atoms with Crippen molar-refractivity contribution in [2.75, 3.05) is 19.7 Å². The topological polar surface area (TPSA) is 53.6 Å². The maximum absolute atomic E-state index is 12.0. The molecule has 0 radical (unpaired) electrons. The smallest absolute Gasteiger partial charge is 0.228 e. The fourth-order valence-electron chi connectivity index (χ4n) is 2.44. The molecule has 1 fully saturated rings. The lowest BCUT2D eigenvalue weighted by Crippen LogP contribution is -2.36. The lowest BCUT2D eigenvalue weighted by molar-refractivity contribution is -0.678. The number of hydrogen-bond acceptors (Lipinski definition) is 3. The van der Waals surface area contributed by atoms with Crippen LogP contribution in [0.4, 0.5) is 0 Å². The van der Waals surface area contributed by atoms with E-state index in [2.05, 4.69) is 0 Å². The van der Waals surface area contributed by atoms with E-state index in [-0.39, 0.29) is 11.7 Å². The zero-order valence-electron chi connectivity index (χ0n) is 12.3. The highest BCUT2D eigenvalue weighted by molar-refractivity contribution is 5.76. The largest absolute Gasteiger partial charge is 0.504 e.